The monoisotopic (exact) mass is 182 g/mol. The molecule has 0 atom stereocenters. The largest absolute Gasteiger partial charge is 2.00 e. The van der Waals surface area contributed by atoms with E-state index < -0.39 is 0 Å². The van der Waals surface area contributed by atoms with Gasteiger partial charge in [-0.25, -0.2) is 24.3 Å². The zero-order valence-electron chi connectivity index (χ0n) is 6.29. The Kier molecular flexibility index (Phi) is 7.25. The van der Waals surface area contributed by atoms with Crippen molar-refractivity contribution in [2.45, 2.75) is 12.8 Å². The van der Waals surface area contributed by atoms with Crippen LogP contribution in [0, 0.1) is 12.2 Å². The molecule has 0 saturated heterocycles. The van der Waals surface area contributed by atoms with Gasteiger partial charge in [0.15, 0.2) is 0 Å². The molecule has 0 aromatic carbocycles. The van der Waals surface area contributed by atoms with E-state index in [1.54, 1.807) is 0 Å². The summed E-state index contributed by atoms with van der Waals surface area (Å²) in [5.41, 5.74) is 0. The average molecular weight is 182 g/mol. The average Bonchev–Trinajstić information content (AvgIpc) is 2.67. The molecule has 2 aliphatic carbocycles. The molecule has 0 heterocycles. The SMILES string of the molecule is [C-]1=CC=CC1.[C-]1=CC=CC1.[Cr+2]. The van der Waals surface area contributed by atoms with E-state index in [1.807, 2.05) is 24.3 Å². The van der Waals surface area contributed by atoms with E-state index in [9.17, 15) is 0 Å². The van der Waals surface area contributed by atoms with Crippen LogP contribution in [-0.4, -0.2) is 0 Å². The Bertz CT molecular complexity index is 143. The van der Waals surface area contributed by atoms with Gasteiger partial charge in [0.2, 0.25) is 0 Å². The molecule has 1 heteroatoms. The fraction of sp³-hybridized carbons (Fsp3) is 0.200. The molecule has 11 heavy (non-hydrogen) atoms. The summed E-state index contributed by atoms with van der Waals surface area (Å²) in [4.78, 5) is 0. The van der Waals surface area contributed by atoms with Gasteiger partial charge >= 0.3 is 17.4 Å². The molecule has 0 spiro atoms. The summed E-state index contributed by atoms with van der Waals surface area (Å²) in [6.45, 7) is 0. The van der Waals surface area contributed by atoms with E-state index in [-0.39, 0.29) is 17.4 Å². The Balaban J connectivity index is 0.000000167. The van der Waals surface area contributed by atoms with Gasteiger partial charge in [-0.1, -0.05) is 0 Å². The van der Waals surface area contributed by atoms with Crippen LogP contribution in [-0.2, 0) is 17.4 Å². The van der Waals surface area contributed by atoms with Gasteiger partial charge in [-0.2, -0.15) is 12.2 Å². The van der Waals surface area contributed by atoms with E-state index in [0.29, 0.717) is 0 Å². The third-order valence-corrected chi connectivity index (χ3v) is 1.17. The fourth-order valence-corrected chi connectivity index (χ4v) is 0.680. The molecule has 0 N–H and O–H groups in total. The molecular weight excluding hydrogens is 172 g/mol. The van der Waals surface area contributed by atoms with E-state index in [2.05, 4.69) is 24.3 Å². The molecule has 0 aromatic heterocycles. The summed E-state index contributed by atoms with van der Waals surface area (Å²) in [5.74, 6) is 0. The minimum absolute atomic E-state index is 0. The second kappa shape index (κ2) is 7.60. The van der Waals surface area contributed by atoms with Gasteiger partial charge in [0.25, 0.3) is 0 Å². The molecule has 0 fully saturated rings. The quantitative estimate of drug-likeness (QED) is 0.505. The van der Waals surface area contributed by atoms with Crippen LogP contribution >= 0.6 is 0 Å². The van der Waals surface area contributed by atoms with Gasteiger partial charge < -0.3 is 0 Å². The molecule has 0 nitrogen and oxygen atoms in total. The molecule has 0 aromatic rings. The minimum atomic E-state index is 0. The first-order valence-corrected chi connectivity index (χ1v) is 3.43. The molecule has 0 bridgehead atoms. The molecule has 0 saturated carbocycles. The Hall–Kier alpha value is -0.508. The molecular formula is C10H10Cr. The van der Waals surface area contributed by atoms with Crippen LogP contribution in [0.3, 0.4) is 0 Å². The van der Waals surface area contributed by atoms with Crippen LogP contribution in [0.25, 0.3) is 0 Å². The number of rotatable bonds is 0. The Labute approximate surface area is 79.1 Å². The number of hydrogen-bond donors (Lipinski definition) is 0. The molecule has 0 unspecified atom stereocenters. The maximum Gasteiger partial charge on any atom is 2.00 e. The first kappa shape index (κ1) is 10.5. The Morgan fingerprint density at radius 1 is 0.818 bits per heavy atom. The van der Waals surface area contributed by atoms with Crippen LogP contribution in [0.5, 0.6) is 0 Å². The van der Waals surface area contributed by atoms with Gasteiger partial charge in [-0.15, -0.1) is 12.8 Å². The van der Waals surface area contributed by atoms with Gasteiger partial charge in [-0.3, -0.25) is 12.2 Å². The van der Waals surface area contributed by atoms with Crippen LogP contribution in [0.1, 0.15) is 12.8 Å². The molecule has 0 radical (unpaired) electrons. The second-order valence-corrected chi connectivity index (χ2v) is 2.01. The summed E-state index contributed by atoms with van der Waals surface area (Å²) in [6, 6.07) is 0. The van der Waals surface area contributed by atoms with Crippen molar-refractivity contribution < 1.29 is 17.4 Å². The van der Waals surface area contributed by atoms with Gasteiger partial charge in [-0.05, 0) is 0 Å². The molecule has 56 valence electrons. The first-order valence-electron chi connectivity index (χ1n) is 3.43. The van der Waals surface area contributed by atoms with Crippen LogP contribution in [0.15, 0.2) is 36.5 Å². The minimum Gasteiger partial charge on any atom is -0.273 e. The normalized spacial score (nSPS) is 16.0. The maximum absolute atomic E-state index is 2.99. The van der Waals surface area contributed by atoms with E-state index >= 15 is 0 Å². The summed E-state index contributed by atoms with van der Waals surface area (Å²) in [5, 5.41) is 0. The first-order chi connectivity index (χ1) is 5.00. The third kappa shape index (κ3) is 5.91. The summed E-state index contributed by atoms with van der Waals surface area (Å²) < 4.78 is 0. The number of allylic oxidation sites excluding steroid dienone is 8. The van der Waals surface area contributed by atoms with Crippen molar-refractivity contribution in [2.75, 3.05) is 0 Å². The zero-order valence-corrected chi connectivity index (χ0v) is 7.56. The van der Waals surface area contributed by atoms with Gasteiger partial charge in [0, 0.05) is 0 Å². The maximum atomic E-state index is 2.99. The Morgan fingerprint density at radius 2 is 1.27 bits per heavy atom. The topological polar surface area (TPSA) is 0 Å². The van der Waals surface area contributed by atoms with Crippen molar-refractivity contribution in [1.29, 1.82) is 0 Å². The summed E-state index contributed by atoms with van der Waals surface area (Å²) in [6.07, 6.45) is 20.0. The van der Waals surface area contributed by atoms with Gasteiger partial charge in [0.1, 0.15) is 0 Å². The van der Waals surface area contributed by atoms with Crippen molar-refractivity contribution in [3.63, 3.8) is 0 Å². The van der Waals surface area contributed by atoms with E-state index in [0.717, 1.165) is 12.8 Å². The Morgan fingerprint density at radius 3 is 1.36 bits per heavy atom. The van der Waals surface area contributed by atoms with Crippen molar-refractivity contribution >= 4 is 0 Å². The molecule has 2 aliphatic rings. The van der Waals surface area contributed by atoms with Crippen LogP contribution in [0.2, 0.25) is 0 Å². The van der Waals surface area contributed by atoms with Gasteiger partial charge in [0.05, 0.1) is 0 Å². The summed E-state index contributed by atoms with van der Waals surface area (Å²) in [7, 11) is 0. The molecule has 2 rings (SSSR count). The van der Waals surface area contributed by atoms with Crippen molar-refractivity contribution in [2.24, 2.45) is 0 Å². The molecule has 0 aliphatic heterocycles. The second-order valence-electron chi connectivity index (χ2n) is 2.01. The smallest absolute Gasteiger partial charge is 0.273 e. The standard InChI is InChI=1S/2C5H5.Cr/c2*1-2-4-5-3-1;/h2*1-3H,4H2;/q2*-1;+2. The van der Waals surface area contributed by atoms with Crippen molar-refractivity contribution in [3.05, 3.63) is 48.6 Å². The van der Waals surface area contributed by atoms with Crippen LogP contribution < -0.4 is 0 Å². The van der Waals surface area contributed by atoms with E-state index in [4.69, 9.17) is 0 Å². The predicted molar refractivity (Wildman–Crippen MR) is 43.1 cm³/mol. The van der Waals surface area contributed by atoms with E-state index in [1.165, 1.54) is 0 Å². The fourth-order valence-electron chi connectivity index (χ4n) is 0.680. The summed E-state index contributed by atoms with van der Waals surface area (Å²) >= 11 is 0. The zero-order chi connectivity index (χ0) is 7.07. The number of hydrogen-bond acceptors (Lipinski definition) is 0. The molecule has 0 amide bonds. The predicted octanol–water partition coefficient (Wildman–Crippen LogP) is 2.61. The van der Waals surface area contributed by atoms with Crippen molar-refractivity contribution in [3.8, 4) is 0 Å². The van der Waals surface area contributed by atoms with Crippen molar-refractivity contribution in [1.82, 2.24) is 0 Å². The van der Waals surface area contributed by atoms with Crippen LogP contribution in [0.4, 0.5) is 0 Å². The third-order valence-electron chi connectivity index (χ3n) is 1.17.